The lowest BCUT2D eigenvalue weighted by atomic mass is 9.93. The monoisotopic (exact) mass is 373 g/mol. The molecule has 0 radical (unpaired) electrons. The van der Waals surface area contributed by atoms with Gasteiger partial charge < -0.3 is 14.9 Å². The lowest BCUT2D eigenvalue weighted by Gasteiger charge is -2.38. The summed E-state index contributed by atoms with van der Waals surface area (Å²) in [5, 5.41) is 9.52. The fourth-order valence-electron chi connectivity index (χ4n) is 4.35. The van der Waals surface area contributed by atoms with Crippen molar-refractivity contribution in [2.45, 2.75) is 39.2 Å². The highest BCUT2D eigenvalue weighted by molar-refractivity contribution is 5.94. The van der Waals surface area contributed by atoms with Crippen LogP contribution in [0.5, 0.6) is 0 Å². The van der Waals surface area contributed by atoms with Gasteiger partial charge in [-0.1, -0.05) is 12.1 Å². The van der Waals surface area contributed by atoms with Crippen molar-refractivity contribution in [2.75, 3.05) is 57.3 Å². The van der Waals surface area contributed by atoms with E-state index in [-0.39, 0.29) is 11.9 Å². The summed E-state index contributed by atoms with van der Waals surface area (Å²) in [7, 11) is 0. The summed E-state index contributed by atoms with van der Waals surface area (Å²) in [6.07, 6.45) is 3.62. The summed E-state index contributed by atoms with van der Waals surface area (Å²) in [6.45, 7) is 12.1. The van der Waals surface area contributed by atoms with Gasteiger partial charge in [-0.15, -0.1) is 0 Å². The van der Waals surface area contributed by atoms with Crippen molar-refractivity contribution < 1.29 is 9.90 Å². The molecular formula is C22H35N3O2. The first-order valence-corrected chi connectivity index (χ1v) is 10.5. The fraction of sp³-hybridized carbons (Fsp3) is 0.682. The second kappa shape index (κ2) is 9.67. The van der Waals surface area contributed by atoms with Gasteiger partial charge in [-0.05, 0) is 70.8 Å². The number of aliphatic hydroxyl groups is 1. The second-order valence-electron chi connectivity index (χ2n) is 8.32. The van der Waals surface area contributed by atoms with Crippen molar-refractivity contribution in [1.82, 2.24) is 9.80 Å². The molecule has 150 valence electrons. The summed E-state index contributed by atoms with van der Waals surface area (Å²) in [4.78, 5) is 19.0. The van der Waals surface area contributed by atoms with Crippen molar-refractivity contribution in [3.05, 3.63) is 29.8 Å². The number of hydrogen-bond acceptors (Lipinski definition) is 5. The predicted molar refractivity (Wildman–Crippen MR) is 111 cm³/mol. The van der Waals surface area contributed by atoms with Crippen molar-refractivity contribution in [2.24, 2.45) is 5.92 Å². The molecule has 0 amide bonds. The molecule has 0 aliphatic carbocycles. The standard InChI is InChI=1S/C22H35N3O2/c1-18(26)17-24-10-7-20(8-11-24)6-9-23-12-14-25(15-13-23)22-5-3-4-21(16-22)19(2)27/h3-5,16,18,20,26H,6-15,17H2,1-2H3. The van der Waals surface area contributed by atoms with Crippen LogP contribution in [-0.2, 0) is 0 Å². The van der Waals surface area contributed by atoms with Crippen LogP contribution in [0.1, 0.15) is 43.5 Å². The van der Waals surface area contributed by atoms with Crippen LogP contribution < -0.4 is 4.90 Å². The number of hydrogen-bond donors (Lipinski definition) is 1. The number of β-amino-alcohol motifs (C(OH)–C–C–N with tert-alkyl or cyclic N) is 1. The highest BCUT2D eigenvalue weighted by Gasteiger charge is 2.22. The van der Waals surface area contributed by atoms with Crippen LogP contribution in [0.3, 0.4) is 0 Å². The Hall–Kier alpha value is -1.43. The second-order valence-corrected chi connectivity index (χ2v) is 8.32. The smallest absolute Gasteiger partial charge is 0.159 e. The van der Waals surface area contributed by atoms with Crippen LogP contribution in [0.15, 0.2) is 24.3 Å². The highest BCUT2D eigenvalue weighted by atomic mass is 16.3. The molecule has 1 atom stereocenters. The Bertz CT molecular complexity index is 603. The number of Topliss-reactive ketones (excluding diaryl/α,β-unsaturated/α-hetero) is 1. The molecule has 1 aromatic rings. The number of carbonyl (C=O) groups is 1. The zero-order valence-electron chi connectivity index (χ0n) is 16.9. The quantitative estimate of drug-likeness (QED) is 0.744. The first kappa shape index (κ1) is 20.3. The largest absolute Gasteiger partial charge is 0.392 e. The van der Waals surface area contributed by atoms with Crippen molar-refractivity contribution >= 4 is 11.5 Å². The molecule has 0 bridgehead atoms. The Balaban J connectivity index is 1.38. The summed E-state index contributed by atoms with van der Waals surface area (Å²) in [5.74, 6) is 0.968. The summed E-state index contributed by atoms with van der Waals surface area (Å²) >= 11 is 0. The number of carbonyl (C=O) groups excluding carboxylic acids is 1. The predicted octanol–water partition coefficient (Wildman–Crippen LogP) is 2.49. The number of aliphatic hydroxyl groups excluding tert-OH is 1. The molecule has 2 heterocycles. The zero-order valence-corrected chi connectivity index (χ0v) is 16.9. The molecule has 1 unspecified atom stereocenters. The van der Waals surface area contributed by atoms with Gasteiger partial charge in [-0.25, -0.2) is 0 Å². The summed E-state index contributed by atoms with van der Waals surface area (Å²) in [6, 6.07) is 8.03. The Kier molecular flexibility index (Phi) is 7.27. The van der Waals surface area contributed by atoms with E-state index >= 15 is 0 Å². The molecule has 27 heavy (non-hydrogen) atoms. The third-order valence-electron chi connectivity index (χ3n) is 6.07. The average Bonchev–Trinajstić information content (AvgIpc) is 2.67. The van der Waals surface area contributed by atoms with Crippen LogP contribution in [0.4, 0.5) is 5.69 Å². The summed E-state index contributed by atoms with van der Waals surface area (Å²) < 4.78 is 0. The van der Waals surface area contributed by atoms with Gasteiger partial charge in [-0.2, -0.15) is 0 Å². The average molecular weight is 374 g/mol. The number of ketones is 1. The molecule has 1 N–H and O–H groups in total. The van der Waals surface area contributed by atoms with Gasteiger partial charge >= 0.3 is 0 Å². The van der Waals surface area contributed by atoms with E-state index < -0.39 is 0 Å². The fourth-order valence-corrected chi connectivity index (χ4v) is 4.35. The van der Waals surface area contributed by atoms with E-state index in [1.165, 1.54) is 31.5 Å². The minimum atomic E-state index is -0.214. The summed E-state index contributed by atoms with van der Waals surface area (Å²) in [5.41, 5.74) is 1.98. The zero-order chi connectivity index (χ0) is 19.2. The minimum Gasteiger partial charge on any atom is -0.392 e. The molecule has 0 aromatic heterocycles. The van der Waals surface area contributed by atoms with E-state index in [0.717, 1.165) is 57.3 Å². The minimum absolute atomic E-state index is 0.134. The van der Waals surface area contributed by atoms with Crippen molar-refractivity contribution in [3.63, 3.8) is 0 Å². The van der Waals surface area contributed by atoms with Gasteiger partial charge in [0.15, 0.2) is 5.78 Å². The van der Waals surface area contributed by atoms with Gasteiger partial charge in [0.1, 0.15) is 0 Å². The van der Waals surface area contributed by atoms with Crippen LogP contribution in [0, 0.1) is 5.92 Å². The molecule has 1 aromatic carbocycles. The molecule has 0 spiro atoms. The third-order valence-corrected chi connectivity index (χ3v) is 6.07. The lowest BCUT2D eigenvalue weighted by molar-refractivity contribution is 0.0954. The maximum Gasteiger partial charge on any atom is 0.159 e. The lowest BCUT2D eigenvalue weighted by Crippen LogP contribution is -2.47. The maximum absolute atomic E-state index is 11.6. The topological polar surface area (TPSA) is 47.0 Å². The van der Waals surface area contributed by atoms with Crippen LogP contribution in [-0.4, -0.2) is 79.2 Å². The van der Waals surface area contributed by atoms with Gasteiger partial charge in [0.05, 0.1) is 6.10 Å². The van der Waals surface area contributed by atoms with E-state index in [4.69, 9.17) is 0 Å². The maximum atomic E-state index is 11.6. The van der Waals surface area contributed by atoms with E-state index in [9.17, 15) is 9.90 Å². The van der Waals surface area contributed by atoms with Crippen LogP contribution in [0.25, 0.3) is 0 Å². The van der Waals surface area contributed by atoms with E-state index in [1.54, 1.807) is 6.92 Å². The number of piperazine rings is 1. The Morgan fingerprint density at radius 1 is 1.11 bits per heavy atom. The van der Waals surface area contributed by atoms with Gasteiger partial charge in [0, 0.05) is 44.0 Å². The number of nitrogens with zero attached hydrogens (tertiary/aromatic N) is 3. The number of benzene rings is 1. The molecule has 5 nitrogen and oxygen atoms in total. The third kappa shape index (κ3) is 6.03. The molecule has 2 aliphatic heterocycles. The van der Waals surface area contributed by atoms with Gasteiger partial charge in [-0.3, -0.25) is 9.69 Å². The number of likely N-dealkylation sites (tertiary alicyclic amines) is 1. The molecule has 0 saturated carbocycles. The molecule has 5 heteroatoms. The molecule has 2 fully saturated rings. The molecular weight excluding hydrogens is 338 g/mol. The Labute approximate surface area is 163 Å². The van der Waals surface area contributed by atoms with Crippen LogP contribution in [0.2, 0.25) is 0 Å². The number of piperidine rings is 1. The van der Waals surface area contributed by atoms with Gasteiger partial charge in [0.2, 0.25) is 0 Å². The molecule has 2 aliphatic rings. The first-order chi connectivity index (χ1) is 13.0. The Morgan fingerprint density at radius 3 is 2.44 bits per heavy atom. The van der Waals surface area contributed by atoms with Crippen molar-refractivity contribution in [3.8, 4) is 0 Å². The van der Waals surface area contributed by atoms with E-state index in [1.807, 2.05) is 25.1 Å². The number of rotatable bonds is 7. The van der Waals surface area contributed by atoms with E-state index in [0.29, 0.717) is 0 Å². The highest BCUT2D eigenvalue weighted by Crippen LogP contribution is 2.22. The molecule has 2 saturated heterocycles. The van der Waals surface area contributed by atoms with Crippen LogP contribution >= 0.6 is 0 Å². The van der Waals surface area contributed by atoms with Crippen molar-refractivity contribution in [1.29, 1.82) is 0 Å². The molecule has 3 rings (SSSR count). The SMILES string of the molecule is CC(=O)c1cccc(N2CCN(CCC3CCN(CC(C)O)CC3)CC2)c1. The van der Waals surface area contributed by atoms with Gasteiger partial charge in [0.25, 0.3) is 0 Å². The Morgan fingerprint density at radius 2 is 1.81 bits per heavy atom. The normalized spacial score (nSPS) is 21.4. The number of anilines is 1. The van der Waals surface area contributed by atoms with E-state index in [2.05, 4.69) is 20.8 Å². The first-order valence-electron chi connectivity index (χ1n) is 10.5.